The van der Waals surface area contributed by atoms with E-state index in [2.05, 4.69) is 21.3 Å². The lowest BCUT2D eigenvalue weighted by molar-refractivity contribution is -0.157. The summed E-state index contributed by atoms with van der Waals surface area (Å²) in [4.78, 5) is 168. The molecule has 11 amide bonds. The van der Waals surface area contributed by atoms with E-state index in [1.165, 1.54) is 67.7 Å². The second-order valence-corrected chi connectivity index (χ2v) is 24.5. The van der Waals surface area contributed by atoms with Gasteiger partial charge in [0.05, 0.1) is 14.0 Å². The quantitative estimate of drug-likeness (QED) is 0.148. The van der Waals surface area contributed by atoms with Crippen molar-refractivity contribution >= 4 is 65.0 Å². The zero-order valence-corrected chi connectivity index (χ0v) is 54.3. The van der Waals surface area contributed by atoms with E-state index in [0.717, 1.165) is 33.7 Å². The first-order chi connectivity index (χ1) is 44.1. The van der Waals surface area contributed by atoms with Crippen LogP contribution >= 0.6 is 0 Å². The van der Waals surface area contributed by atoms with Gasteiger partial charge in [0.25, 0.3) is 0 Å². The molecule has 0 aliphatic carbocycles. The second-order valence-electron chi connectivity index (χ2n) is 24.5. The first-order valence-electron chi connectivity index (χ1n) is 35.5. The molecule has 1 heterocycles. The zero-order valence-electron chi connectivity index (χ0n) is 66.3. The lowest BCUT2D eigenvalue weighted by atomic mass is 9.91. The van der Waals surface area contributed by atoms with E-state index >= 15 is 19.2 Å². The summed E-state index contributed by atoms with van der Waals surface area (Å²) in [5.74, 6) is -20.8. The third-order valence-corrected chi connectivity index (χ3v) is 15.2. The highest BCUT2D eigenvalue weighted by Gasteiger charge is 2.45. The molecule has 0 aromatic rings. The maximum atomic E-state index is 15.3. The minimum atomic E-state index is -4.74. The predicted molar refractivity (Wildman–Crippen MR) is 328 cm³/mol. The van der Waals surface area contributed by atoms with Gasteiger partial charge in [0.1, 0.15) is 60.4 Å². The van der Waals surface area contributed by atoms with Crippen molar-refractivity contribution < 1.29 is 74.3 Å². The van der Waals surface area contributed by atoms with Crippen LogP contribution in [-0.4, -0.2) is 227 Å². The molecule has 1 aliphatic rings. The molecule has 0 aromatic heterocycles. The van der Waals surface area contributed by atoms with E-state index in [1.54, 1.807) is 81.4 Å². The third-order valence-electron chi connectivity index (χ3n) is 15.2. The van der Waals surface area contributed by atoms with Crippen molar-refractivity contribution in [2.24, 2.45) is 41.4 Å². The van der Waals surface area contributed by atoms with Gasteiger partial charge >= 0.3 is 0 Å². The molecule has 0 bridgehead atoms. The minimum Gasteiger partial charge on any atom is -0.390 e. The number of rotatable bonds is 15. The summed E-state index contributed by atoms with van der Waals surface area (Å²) >= 11 is 0. The van der Waals surface area contributed by atoms with Crippen LogP contribution < -0.4 is 21.3 Å². The molecule has 23 nitrogen and oxygen atoms in total. The van der Waals surface area contributed by atoms with Crippen molar-refractivity contribution in [3.8, 4) is 0 Å². The van der Waals surface area contributed by atoms with Crippen LogP contribution in [0.5, 0.6) is 0 Å². The molecular formula is C62H111N11O12. The Labute approximate surface area is 525 Å². The van der Waals surface area contributed by atoms with Gasteiger partial charge in [-0.1, -0.05) is 109 Å². The normalized spacial score (nSPS) is 30.5. The van der Waals surface area contributed by atoms with Crippen molar-refractivity contribution in [2.75, 3.05) is 55.8 Å². The number of carbonyl (C=O) groups excluding carboxylic acids is 11. The monoisotopic (exact) mass is 1210 g/mol. The number of allylic oxidation sites excluding steroid dienone is 2. The second kappa shape index (κ2) is 34.9. The van der Waals surface area contributed by atoms with Crippen LogP contribution in [0.2, 0.25) is 0 Å². The van der Waals surface area contributed by atoms with Gasteiger partial charge in [-0.2, -0.15) is 0 Å². The number of hydrogen-bond acceptors (Lipinski definition) is 12. The summed E-state index contributed by atoms with van der Waals surface area (Å²) < 4.78 is 104. The Morgan fingerprint density at radius 1 is 0.576 bits per heavy atom. The summed E-state index contributed by atoms with van der Waals surface area (Å²) in [7, 11) is 7.29. The standard InChI is InChI=1S/C62H111N11O12/c1-25-27-28-40(15)52(75)51-56(79)65-43(26-2)58(81)67(18)33-48(74)68(19)44(29-34(3)4)55(78)66-49(38(11)12)61(84)69(20)45(30-35(5)6)54(77)63-41(16)53(76)64-42(17)57(80)70(21)46(31-36(7)8)59(82)71(22)47(32-37(9)10)60(83)72(23)50(39(13)14)62(85)73(51)24/h25,27,34-47,49-52,75H,26,28-33H2,1-24H3,(H,63,77)(H,64,76)(H,65,79)(H,66,78)/b27-25+/t40-,41+,42-,43+,44+,45+,46+,47+,49+,50+,51+,52-/m1/s1/i3D3,4D3,19D2,29D2,34D,44D. The van der Waals surface area contributed by atoms with E-state index < -0.39 is 200 Å². The van der Waals surface area contributed by atoms with Crippen LogP contribution in [0.25, 0.3) is 0 Å². The Morgan fingerprint density at radius 2 is 1.06 bits per heavy atom. The average Bonchev–Trinajstić information content (AvgIpc) is 0.693. The van der Waals surface area contributed by atoms with E-state index in [9.17, 15) is 42.8 Å². The molecule has 0 radical (unpaired) electrons. The Balaban J connectivity index is 4.77. The lowest BCUT2D eigenvalue weighted by Crippen LogP contribution is -2.63. The Morgan fingerprint density at radius 3 is 1.53 bits per heavy atom. The van der Waals surface area contributed by atoms with Crippen LogP contribution in [0, 0.1) is 41.4 Å². The van der Waals surface area contributed by atoms with Crippen LogP contribution in [0.4, 0.5) is 0 Å². The fourth-order valence-corrected chi connectivity index (χ4v) is 10.0. The number of likely N-dealkylation sites (N-methyl/N-ethyl adjacent to an activating group) is 7. The third kappa shape index (κ3) is 21.7. The molecule has 1 aliphatic heterocycles. The highest BCUT2D eigenvalue weighted by Crippen LogP contribution is 2.26. The van der Waals surface area contributed by atoms with Crippen LogP contribution in [0.1, 0.15) is 172 Å². The van der Waals surface area contributed by atoms with E-state index in [4.69, 9.17) is 12.3 Å². The summed E-state index contributed by atoms with van der Waals surface area (Å²) in [6.45, 7) is 10.5. The number of hydrogen-bond donors (Lipinski definition) is 5. The van der Waals surface area contributed by atoms with Gasteiger partial charge in [-0.05, 0) is 101 Å². The van der Waals surface area contributed by atoms with Crippen molar-refractivity contribution in [1.29, 1.82) is 0 Å². The maximum absolute atomic E-state index is 15.3. The summed E-state index contributed by atoms with van der Waals surface area (Å²) in [5, 5.41) is 21.8. The van der Waals surface area contributed by atoms with Crippen LogP contribution in [-0.2, 0) is 52.7 Å². The van der Waals surface area contributed by atoms with Gasteiger partial charge in [-0.15, -0.1) is 0 Å². The highest BCUT2D eigenvalue weighted by molar-refractivity contribution is 5.99. The van der Waals surface area contributed by atoms with Crippen molar-refractivity contribution in [3.63, 3.8) is 0 Å². The number of nitrogens with zero attached hydrogens (tertiary/aromatic N) is 7. The molecule has 1 rings (SSSR count). The molecule has 486 valence electrons. The largest absolute Gasteiger partial charge is 0.390 e. The summed E-state index contributed by atoms with van der Waals surface area (Å²) in [5.41, 5.74) is 0. The molecule has 1 fully saturated rings. The fraction of sp³-hybridized carbons (Fsp3) is 0.790. The smallest absolute Gasteiger partial charge is 0.246 e. The number of carbonyl (C=O) groups is 11. The molecule has 1 saturated heterocycles. The van der Waals surface area contributed by atoms with Gasteiger partial charge in [0.15, 0.2) is 0 Å². The van der Waals surface area contributed by atoms with Gasteiger partial charge in [0.2, 0.25) is 65.0 Å². The first kappa shape index (κ1) is 57.9. The molecule has 0 aromatic carbocycles. The van der Waals surface area contributed by atoms with Crippen molar-refractivity contribution in [1.82, 2.24) is 55.6 Å². The Bertz CT molecular complexity index is 2800. The van der Waals surface area contributed by atoms with Crippen molar-refractivity contribution in [3.05, 3.63) is 12.2 Å². The van der Waals surface area contributed by atoms with E-state index in [1.807, 2.05) is 0 Å². The average molecular weight is 1210 g/mol. The number of nitrogens with one attached hydrogen (secondary N) is 4. The van der Waals surface area contributed by atoms with Gasteiger partial charge in [0, 0.05) is 64.4 Å². The lowest BCUT2D eigenvalue weighted by Gasteiger charge is -2.41. The first-order valence-corrected chi connectivity index (χ1v) is 29.3. The van der Waals surface area contributed by atoms with Crippen LogP contribution in [0.15, 0.2) is 12.2 Å². The number of aliphatic hydroxyl groups excluding tert-OH is 1. The van der Waals surface area contributed by atoms with Gasteiger partial charge < -0.3 is 60.7 Å². The Hall–Kier alpha value is -6.13. The maximum Gasteiger partial charge on any atom is 0.246 e. The van der Waals surface area contributed by atoms with Crippen molar-refractivity contribution in [2.45, 2.75) is 223 Å². The molecule has 0 spiro atoms. The van der Waals surface area contributed by atoms with E-state index in [0.29, 0.717) is 4.90 Å². The minimum absolute atomic E-state index is 0.0432. The summed E-state index contributed by atoms with van der Waals surface area (Å²) in [6.07, 6.45) is -3.32. The molecule has 5 N–H and O–H groups in total. The summed E-state index contributed by atoms with van der Waals surface area (Å²) in [6, 6.07) is -18.5. The number of aliphatic hydroxyl groups is 1. The topological polar surface area (TPSA) is 279 Å². The SMILES string of the molecule is [2H]C([2H])N1C(=O)CN(C)C(=O)[C@H](CC)NC(=O)[C@H]([C@H](O)[C@H](C)C/C=C/C)N(C)C(=O)[C@H](C(C)C)N(C)C(=O)[C@H](CC(C)C)N(C)C(=O)[C@H](CC(C)C)N(C)C(=O)[C@@H](C)NC(=O)[C@H](C)NC(=O)[C@H](CC(C)C)N(C)C(=O)[C@H](C(C)C)NC(=O)[C@]1([2H])C([2H])([2H])C([2H])(C([2H])([2H])[2H])C([2H])([2H])[2H]. The van der Waals surface area contributed by atoms with Gasteiger partial charge in [-0.3, -0.25) is 52.7 Å². The highest BCUT2D eigenvalue weighted by atomic mass is 16.3. The number of amides is 11. The predicted octanol–water partition coefficient (Wildman–Crippen LogP) is 3.27. The van der Waals surface area contributed by atoms with E-state index in [-0.39, 0.29) is 43.9 Å². The molecule has 85 heavy (non-hydrogen) atoms. The zero-order chi connectivity index (χ0) is 76.2. The Kier molecular flexibility index (Phi) is 23.8. The molecule has 12 atom stereocenters. The molecule has 23 heteroatoms. The van der Waals surface area contributed by atoms with Gasteiger partial charge in [-0.25, -0.2) is 0 Å². The molecule has 0 saturated carbocycles. The molecule has 0 unspecified atom stereocenters. The van der Waals surface area contributed by atoms with Crippen LogP contribution in [0.3, 0.4) is 0 Å². The fourth-order valence-electron chi connectivity index (χ4n) is 10.0. The molecular weight excluding hydrogens is 1090 g/mol.